The normalized spacial score (nSPS) is 14.6. The number of hydrogen-bond acceptors (Lipinski definition) is 0. The summed E-state index contributed by atoms with van der Waals surface area (Å²) in [5, 5.41) is 3.11. The molecule has 0 radical (unpaired) electrons. The first kappa shape index (κ1) is 7.89. The van der Waals surface area contributed by atoms with Crippen LogP contribution in [0.15, 0.2) is 18.7 Å². The molecule has 1 aromatic heterocycles. The number of fused-ring (bicyclic) bond motifs is 1. The van der Waals surface area contributed by atoms with Gasteiger partial charge in [-0.3, -0.25) is 0 Å². The molecule has 0 fully saturated rings. The van der Waals surface area contributed by atoms with Crippen LogP contribution in [0.3, 0.4) is 0 Å². The Hall–Kier alpha value is -0.740. The summed E-state index contributed by atoms with van der Waals surface area (Å²) in [5.74, 6) is 0. The van der Waals surface area contributed by atoms with E-state index in [1.54, 1.807) is 5.30 Å². The van der Waals surface area contributed by atoms with Crippen LogP contribution < -0.4 is 0 Å². The summed E-state index contributed by atoms with van der Waals surface area (Å²) in [4.78, 5) is 0. The molecule has 62 valence electrons. The van der Waals surface area contributed by atoms with Crippen LogP contribution in [-0.4, -0.2) is 0 Å². The number of aryl methyl sites for hydroxylation is 1. The monoisotopic (exact) mass is 176 g/mol. The van der Waals surface area contributed by atoms with Gasteiger partial charge in [-0.1, -0.05) is 32.1 Å². The van der Waals surface area contributed by atoms with E-state index in [2.05, 4.69) is 31.7 Å². The SMILES string of the molecule is C=C1C=Cc2[pH]c(CCC)cc21. The summed E-state index contributed by atoms with van der Waals surface area (Å²) in [6.07, 6.45) is 6.86. The third kappa shape index (κ3) is 1.17. The Kier molecular flexibility index (Phi) is 1.94. The van der Waals surface area contributed by atoms with Gasteiger partial charge >= 0.3 is 0 Å². The molecule has 1 aromatic rings. The molecule has 1 aliphatic carbocycles. The molecule has 0 amide bonds. The number of hydrogen-bond donors (Lipinski definition) is 0. The lowest BCUT2D eigenvalue weighted by atomic mass is 10.1. The van der Waals surface area contributed by atoms with E-state index < -0.39 is 0 Å². The lowest BCUT2D eigenvalue weighted by Gasteiger charge is -1.91. The molecule has 0 aromatic carbocycles. The van der Waals surface area contributed by atoms with Crippen LogP contribution in [-0.2, 0) is 6.42 Å². The Morgan fingerprint density at radius 2 is 2.25 bits per heavy atom. The maximum Gasteiger partial charge on any atom is -0.000955 e. The molecule has 0 saturated carbocycles. The Morgan fingerprint density at radius 3 is 2.92 bits per heavy atom. The summed E-state index contributed by atoms with van der Waals surface area (Å²) in [5.41, 5.74) is 2.60. The van der Waals surface area contributed by atoms with Crippen molar-refractivity contribution >= 4 is 19.8 Å². The smallest absolute Gasteiger partial charge is 0.000955 e. The average molecular weight is 176 g/mol. The summed E-state index contributed by atoms with van der Waals surface area (Å²) in [6, 6.07) is 2.33. The van der Waals surface area contributed by atoms with Gasteiger partial charge in [0.15, 0.2) is 0 Å². The Labute approximate surface area is 75.1 Å². The lowest BCUT2D eigenvalue weighted by Crippen LogP contribution is -1.74. The molecule has 1 heterocycles. The fourth-order valence-corrected chi connectivity index (χ4v) is 3.07. The molecule has 2 rings (SSSR count). The molecule has 1 aliphatic rings. The van der Waals surface area contributed by atoms with Crippen LogP contribution in [0.2, 0.25) is 0 Å². The molecule has 0 bridgehead atoms. The highest BCUT2D eigenvalue weighted by molar-refractivity contribution is 7.33. The Balaban J connectivity index is 2.36. The Morgan fingerprint density at radius 1 is 1.42 bits per heavy atom. The maximum atomic E-state index is 4.01. The molecule has 0 saturated heterocycles. The van der Waals surface area contributed by atoms with Crippen LogP contribution in [0.4, 0.5) is 0 Å². The molecule has 0 spiro atoms. The Bertz CT molecular complexity index is 342. The fraction of sp³-hybridized carbons (Fsp3) is 0.273. The van der Waals surface area contributed by atoms with Gasteiger partial charge in [0.1, 0.15) is 0 Å². The second-order valence-electron chi connectivity index (χ2n) is 3.23. The maximum absolute atomic E-state index is 4.01. The zero-order valence-corrected chi connectivity index (χ0v) is 8.35. The molecule has 0 aliphatic heterocycles. The van der Waals surface area contributed by atoms with Gasteiger partial charge < -0.3 is 0 Å². The van der Waals surface area contributed by atoms with E-state index in [4.69, 9.17) is 0 Å². The van der Waals surface area contributed by atoms with Crippen molar-refractivity contribution < 1.29 is 0 Å². The summed E-state index contributed by atoms with van der Waals surface area (Å²) in [6.45, 7) is 6.24. The third-order valence-corrected chi connectivity index (χ3v) is 3.64. The van der Waals surface area contributed by atoms with Gasteiger partial charge in [0.25, 0.3) is 0 Å². The van der Waals surface area contributed by atoms with Gasteiger partial charge in [-0.25, -0.2) is 0 Å². The minimum absolute atomic E-state index is 0.920. The summed E-state index contributed by atoms with van der Waals surface area (Å²) in [7, 11) is 0.920. The van der Waals surface area contributed by atoms with Gasteiger partial charge in [0, 0.05) is 0 Å². The van der Waals surface area contributed by atoms with Gasteiger partial charge in [0.2, 0.25) is 0 Å². The van der Waals surface area contributed by atoms with E-state index in [1.165, 1.54) is 29.3 Å². The predicted molar refractivity (Wildman–Crippen MR) is 58.0 cm³/mol. The van der Waals surface area contributed by atoms with Crippen molar-refractivity contribution in [1.29, 1.82) is 0 Å². The van der Waals surface area contributed by atoms with Gasteiger partial charge in [-0.05, 0) is 34.2 Å². The van der Waals surface area contributed by atoms with Crippen molar-refractivity contribution in [2.24, 2.45) is 0 Å². The summed E-state index contributed by atoms with van der Waals surface area (Å²) < 4.78 is 0. The van der Waals surface area contributed by atoms with Crippen LogP contribution in [0.25, 0.3) is 11.6 Å². The van der Waals surface area contributed by atoms with Gasteiger partial charge in [-0.15, -0.1) is 8.19 Å². The third-order valence-electron chi connectivity index (χ3n) is 2.22. The molecule has 0 nitrogen and oxygen atoms in total. The van der Waals surface area contributed by atoms with E-state index in [0.717, 1.165) is 8.19 Å². The van der Waals surface area contributed by atoms with E-state index in [1.807, 2.05) is 0 Å². The first-order valence-electron chi connectivity index (χ1n) is 4.40. The fourth-order valence-electron chi connectivity index (χ4n) is 1.60. The van der Waals surface area contributed by atoms with Crippen molar-refractivity contribution in [2.75, 3.05) is 0 Å². The van der Waals surface area contributed by atoms with Crippen molar-refractivity contribution in [2.45, 2.75) is 19.8 Å². The van der Waals surface area contributed by atoms with Crippen molar-refractivity contribution in [3.8, 4) is 0 Å². The van der Waals surface area contributed by atoms with Gasteiger partial charge in [0.05, 0.1) is 0 Å². The first-order chi connectivity index (χ1) is 5.81. The van der Waals surface area contributed by atoms with Crippen molar-refractivity contribution in [3.05, 3.63) is 34.9 Å². The van der Waals surface area contributed by atoms with Crippen LogP contribution in [0.1, 0.15) is 29.5 Å². The molecule has 1 unspecified atom stereocenters. The molecule has 1 atom stereocenters. The average Bonchev–Trinajstić information content (AvgIpc) is 2.55. The highest BCUT2D eigenvalue weighted by Gasteiger charge is 2.10. The minimum atomic E-state index is 0.920. The van der Waals surface area contributed by atoms with Gasteiger partial charge in [-0.2, -0.15) is 0 Å². The molecular formula is C11H13P. The van der Waals surface area contributed by atoms with Crippen molar-refractivity contribution in [3.63, 3.8) is 0 Å². The van der Waals surface area contributed by atoms with E-state index in [9.17, 15) is 0 Å². The topological polar surface area (TPSA) is 0 Å². The highest BCUT2D eigenvalue weighted by atomic mass is 31.0. The van der Waals surface area contributed by atoms with Crippen LogP contribution in [0, 0.1) is 0 Å². The molecule has 0 N–H and O–H groups in total. The van der Waals surface area contributed by atoms with E-state index in [-0.39, 0.29) is 0 Å². The molecule has 1 heteroatoms. The van der Waals surface area contributed by atoms with Crippen LogP contribution in [0.5, 0.6) is 0 Å². The van der Waals surface area contributed by atoms with Crippen LogP contribution >= 0.6 is 8.19 Å². The zero-order chi connectivity index (χ0) is 8.55. The standard InChI is InChI=1S/C11H13P/c1-3-4-9-7-10-8(2)5-6-11(10)12-9/h5-7,12H,2-4H2,1H3. The molecule has 12 heavy (non-hydrogen) atoms. The lowest BCUT2D eigenvalue weighted by molar-refractivity contribution is 0.940. The quantitative estimate of drug-likeness (QED) is 0.644. The highest BCUT2D eigenvalue weighted by Crippen LogP contribution is 2.38. The van der Waals surface area contributed by atoms with E-state index >= 15 is 0 Å². The summed E-state index contributed by atoms with van der Waals surface area (Å²) >= 11 is 0. The predicted octanol–water partition coefficient (Wildman–Crippen LogP) is 3.71. The number of rotatable bonds is 2. The largest absolute Gasteiger partial charge is 0.128 e. The molecular weight excluding hydrogens is 163 g/mol. The van der Waals surface area contributed by atoms with Crippen molar-refractivity contribution in [1.82, 2.24) is 0 Å². The second-order valence-corrected chi connectivity index (χ2v) is 4.66. The van der Waals surface area contributed by atoms with E-state index in [0.29, 0.717) is 0 Å². The first-order valence-corrected chi connectivity index (χ1v) is 5.40. The number of allylic oxidation sites excluding steroid dienone is 2. The minimum Gasteiger partial charge on any atom is -0.128 e. The second kappa shape index (κ2) is 2.95. The zero-order valence-electron chi connectivity index (χ0n) is 7.35.